The van der Waals surface area contributed by atoms with Crippen molar-refractivity contribution < 1.29 is 5.11 Å². The maximum atomic E-state index is 9.30. The number of aryl methyl sites for hydroxylation is 1. The van der Waals surface area contributed by atoms with E-state index in [0.29, 0.717) is 0 Å². The number of aliphatic hydroxyl groups is 1. The first-order valence-electron chi connectivity index (χ1n) is 5.99. The van der Waals surface area contributed by atoms with Crippen LogP contribution in [0.1, 0.15) is 37.1 Å². The Labute approximate surface area is 96.3 Å². The van der Waals surface area contributed by atoms with Crippen LogP contribution in [0.5, 0.6) is 0 Å². The summed E-state index contributed by atoms with van der Waals surface area (Å²) in [6, 6.07) is 0. The molecule has 2 heterocycles. The predicted molar refractivity (Wildman–Crippen MR) is 63.4 cm³/mol. The number of aliphatic hydroxyl groups excluding tert-OH is 1. The molecule has 2 rings (SSSR count). The van der Waals surface area contributed by atoms with Gasteiger partial charge in [-0.15, -0.1) is 0 Å². The fourth-order valence-electron chi connectivity index (χ4n) is 2.15. The van der Waals surface area contributed by atoms with Gasteiger partial charge in [-0.3, -0.25) is 0 Å². The fraction of sp³-hybridized carbons (Fsp3) is 0.667. The molecule has 4 nitrogen and oxygen atoms in total. The van der Waals surface area contributed by atoms with E-state index < -0.39 is 0 Å². The minimum atomic E-state index is 0.0200. The van der Waals surface area contributed by atoms with Crippen molar-refractivity contribution in [3.63, 3.8) is 0 Å². The van der Waals surface area contributed by atoms with Gasteiger partial charge < -0.3 is 10.0 Å². The van der Waals surface area contributed by atoms with Gasteiger partial charge >= 0.3 is 0 Å². The van der Waals surface area contributed by atoms with Crippen LogP contribution in [0.4, 0.5) is 5.82 Å². The highest BCUT2D eigenvalue weighted by atomic mass is 16.3. The van der Waals surface area contributed by atoms with Crippen LogP contribution in [0.15, 0.2) is 6.20 Å². The van der Waals surface area contributed by atoms with E-state index in [1.54, 1.807) is 6.20 Å². The van der Waals surface area contributed by atoms with Gasteiger partial charge in [0.25, 0.3) is 0 Å². The topological polar surface area (TPSA) is 49.3 Å². The van der Waals surface area contributed by atoms with Gasteiger partial charge in [0, 0.05) is 24.8 Å². The zero-order chi connectivity index (χ0) is 11.4. The highest BCUT2D eigenvalue weighted by Crippen LogP contribution is 2.21. The summed E-state index contributed by atoms with van der Waals surface area (Å²) < 4.78 is 0. The molecule has 4 heteroatoms. The Morgan fingerprint density at radius 2 is 1.94 bits per heavy atom. The van der Waals surface area contributed by atoms with Gasteiger partial charge in [-0.1, -0.05) is 12.8 Å². The molecule has 0 aliphatic carbocycles. The SMILES string of the molecule is Cc1ncc(CO)c(N2CCCCCC2)n1. The number of hydrogen-bond donors (Lipinski definition) is 1. The lowest BCUT2D eigenvalue weighted by molar-refractivity contribution is 0.281. The first-order valence-corrected chi connectivity index (χ1v) is 5.99. The van der Waals surface area contributed by atoms with Gasteiger partial charge in [-0.25, -0.2) is 9.97 Å². The molecule has 0 spiro atoms. The summed E-state index contributed by atoms with van der Waals surface area (Å²) >= 11 is 0. The lowest BCUT2D eigenvalue weighted by Crippen LogP contribution is -2.26. The summed E-state index contributed by atoms with van der Waals surface area (Å²) in [5, 5.41) is 9.30. The molecule has 1 fully saturated rings. The van der Waals surface area contributed by atoms with E-state index in [-0.39, 0.29) is 6.61 Å². The molecule has 0 bridgehead atoms. The van der Waals surface area contributed by atoms with Crippen molar-refractivity contribution >= 4 is 5.82 Å². The highest BCUT2D eigenvalue weighted by molar-refractivity contribution is 5.45. The molecular formula is C12H19N3O. The third-order valence-corrected chi connectivity index (χ3v) is 3.04. The smallest absolute Gasteiger partial charge is 0.137 e. The second kappa shape index (κ2) is 5.25. The lowest BCUT2D eigenvalue weighted by atomic mass is 10.2. The zero-order valence-corrected chi connectivity index (χ0v) is 9.82. The summed E-state index contributed by atoms with van der Waals surface area (Å²) in [6.45, 7) is 4.00. The quantitative estimate of drug-likeness (QED) is 0.825. The van der Waals surface area contributed by atoms with Crippen LogP contribution in [0, 0.1) is 6.92 Å². The summed E-state index contributed by atoms with van der Waals surface area (Å²) in [6.07, 6.45) is 6.77. The minimum absolute atomic E-state index is 0.0200. The molecule has 0 aromatic carbocycles. The van der Waals surface area contributed by atoms with Crippen molar-refractivity contribution in [1.29, 1.82) is 0 Å². The van der Waals surface area contributed by atoms with Gasteiger partial charge in [-0.05, 0) is 19.8 Å². The number of rotatable bonds is 2. The van der Waals surface area contributed by atoms with Crippen molar-refractivity contribution in [1.82, 2.24) is 9.97 Å². The van der Waals surface area contributed by atoms with Gasteiger partial charge in [0.05, 0.1) is 6.61 Å². The molecule has 16 heavy (non-hydrogen) atoms. The molecule has 1 N–H and O–H groups in total. The molecule has 1 aromatic heterocycles. The van der Waals surface area contributed by atoms with Crippen molar-refractivity contribution in [2.45, 2.75) is 39.2 Å². The summed E-state index contributed by atoms with van der Waals surface area (Å²) in [7, 11) is 0. The van der Waals surface area contributed by atoms with Crippen LogP contribution >= 0.6 is 0 Å². The minimum Gasteiger partial charge on any atom is -0.391 e. The normalized spacial score (nSPS) is 17.2. The van der Waals surface area contributed by atoms with Gasteiger partial charge in [0.2, 0.25) is 0 Å². The number of aromatic nitrogens is 2. The van der Waals surface area contributed by atoms with E-state index in [2.05, 4.69) is 14.9 Å². The maximum Gasteiger partial charge on any atom is 0.137 e. The Bertz CT molecular complexity index is 346. The largest absolute Gasteiger partial charge is 0.391 e. The van der Waals surface area contributed by atoms with Crippen molar-refractivity contribution in [3.8, 4) is 0 Å². The van der Waals surface area contributed by atoms with Crippen LogP contribution in [-0.2, 0) is 6.61 Å². The van der Waals surface area contributed by atoms with Crippen molar-refractivity contribution in [2.24, 2.45) is 0 Å². The predicted octanol–water partition coefficient (Wildman–Crippen LogP) is 1.66. The Balaban J connectivity index is 2.25. The Hall–Kier alpha value is -1.16. The van der Waals surface area contributed by atoms with E-state index in [4.69, 9.17) is 0 Å². The molecule has 1 aromatic rings. The van der Waals surface area contributed by atoms with Gasteiger partial charge in [0.1, 0.15) is 11.6 Å². The van der Waals surface area contributed by atoms with E-state index in [9.17, 15) is 5.11 Å². The average Bonchev–Trinajstić information content (AvgIpc) is 2.57. The summed E-state index contributed by atoms with van der Waals surface area (Å²) in [5.41, 5.74) is 0.840. The van der Waals surface area contributed by atoms with E-state index >= 15 is 0 Å². The number of hydrogen-bond acceptors (Lipinski definition) is 4. The molecule has 1 aliphatic heterocycles. The molecule has 0 radical (unpaired) electrons. The number of nitrogens with zero attached hydrogens (tertiary/aromatic N) is 3. The first-order chi connectivity index (χ1) is 7.81. The molecule has 0 amide bonds. The highest BCUT2D eigenvalue weighted by Gasteiger charge is 2.15. The van der Waals surface area contributed by atoms with Crippen LogP contribution < -0.4 is 4.90 Å². The Morgan fingerprint density at radius 1 is 1.25 bits per heavy atom. The Kier molecular flexibility index (Phi) is 3.72. The average molecular weight is 221 g/mol. The van der Waals surface area contributed by atoms with Crippen molar-refractivity contribution in [2.75, 3.05) is 18.0 Å². The van der Waals surface area contributed by atoms with Gasteiger partial charge in [0.15, 0.2) is 0 Å². The third kappa shape index (κ3) is 2.50. The first kappa shape index (κ1) is 11.3. The summed E-state index contributed by atoms with van der Waals surface area (Å²) in [4.78, 5) is 10.9. The zero-order valence-electron chi connectivity index (χ0n) is 9.82. The summed E-state index contributed by atoms with van der Waals surface area (Å²) in [5.74, 6) is 1.70. The second-order valence-electron chi connectivity index (χ2n) is 4.33. The molecule has 0 atom stereocenters. The fourth-order valence-corrected chi connectivity index (χ4v) is 2.15. The van der Waals surface area contributed by atoms with E-state index in [1.807, 2.05) is 6.92 Å². The standard InChI is InChI=1S/C12H19N3O/c1-10-13-8-11(9-16)12(14-10)15-6-4-2-3-5-7-15/h8,16H,2-7,9H2,1H3. The van der Waals surface area contributed by atoms with Gasteiger partial charge in [-0.2, -0.15) is 0 Å². The van der Waals surface area contributed by atoms with Crippen molar-refractivity contribution in [3.05, 3.63) is 17.6 Å². The van der Waals surface area contributed by atoms with Crippen LogP contribution in [0.25, 0.3) is 0 Å². The molecule has 0 saturated carbocycles. The maximum absolute atomic E-state index is 9.30. The molecule has 1 aliphatic rings. The van der Waals surface area contributed by atoms with Crippen LogP contribution in [0.2, 0.25) is 0 Å². The Morgan fingerprint density at radius 3 is 2.56 bits per heavy atom. The van der Waals surface area contributed by atoms with E-state index in [0.717, 1.165) is 30.3 Å². The monoisotopic (exact) mass is 221 g/mol. The van der Waals surface area contributed by atoms with E-state index in [1.165, 1.54) is 25.7 Å². The van der Waals surface area contributed by atoms with Crippen LogP contribution in [-0.4, -0.2) is 28.2 Å². The van der Waals surface area contributed by atoms with Crippen LogP contribution in [0.3, 0.4) is 0 Å². The second-order valence-corrected chi connectivity index (χ2v) is 4.33. The lowest BCUT2D eigenvalue weighted by Gasteiger charge is -2.23. The molecular weight excluding hydrogens is 202 g/mol. The molecule has 0 unspecified atom stereocenters. The molecule has 88 valence electrons. The number of anilines is 1. The molecule has 1 saturated heterocycles. The third-order valence-electron chi connectivity index (χ3n) is 3.04.